The second-order valence-corrected chi connectivity index (χ2v) is 5.30. The van der Waals surface area contributed by atoms with Gasteiger partial charge in [0.05, 0.1) is 33.5 Å². The molecule has 0 bridgehead atoms. The van der Waals surface area contributed by atoms with Crippen LogP contribution in [-0.4, -0.2) is 19.7 Å². The van der Waals surface area contributed by atoms with E-state index in [9.17, 15) is 0 Å². The van der Waals surface area contributed by atoms with Crippen molar-refractivity contribution in [3.05, 3.63) is 60.4 Å². The average molecular weight is 278 g/mol. The first kappa shape index (κ1) is 11.3. The molecule has 20 heavy (non-hydrogen) atoms. The molecule has 4 rings (SSSR count). The summed E-state index contributed by atoms with van der Waals surface area (Å²) in [5, 5.41) is 6.28. The van der Waals surface area contributed by atoms with Crippen LogP contribution in [-0.2, 0) is 0 Å². The Morgan fingerprint density at radius 3 is 2.85 bits per heavy atom. The zero-order chi connectivity index (χ0) is 13.4. The van der Waals surface area contributed by atoms with Crippen LogP contribution in [0.5, 0.6) is 0 Å². The van der Waals surface area contributed by atoms with Crippen molar-refractivity contribution >= 4 is 22.4 Å². The van der Waals surface area contributed by atoms with Gasteiger partial charge in [-0.15, -0.1) is 11.3 Å². The predicted octanol–water partition coefficient (Wildman–Crippen LogP) is 3.54. The Bertz CT molecular complexity index is 782. The van der Waals surface area contributed by atoms with Crippen LogP contribution in [0.2, 0.25) is 0 Å². The Kier molecular flexibility index (Phi) is 2.57. The first-order valence-electron chi connectivity index (χ1n) is 6.21. The molecule has 0 aliphatic carbocycles. The molecule has 0 fully saturated rings. The molecule has 0 amide bonds. The molecule has 3 aromatic heterocycles. The summed E-state index contributed by atoms with van der Waals surface area (Å²) < 4.78 is 1.82. The Balaban J connectivity index is 1.88. The van der Waals surface area contributed by atoms with Crippen molar-refractivity contribution in [1.29, 1.82) is 0 Å². The first-order valence-corrected chi connectivity index (χ1v) is 7.09. The number of benzene rings is 1. The van der Waals surface area contributed by atoms with Gasteiger partial charge in [-0.1, -0.05) is 6.07 Å². The minimum Gasteiger partial charge on any atom is -0.252 e. The van der Waals surface area contributed by atoms with Crippen LogP contribution in [0.3, 0.4) is 0 Å². The van der Waals surface area contributed by atoms with Crippen LogP contribution in [0.4, 0.5) is 0 Å². The summed E-state index contributed by atoms with van der Waals surface area (Å²) in [6.45, 7) is 0. The Hall–Kier alpha value is -2.53. The zero-order valence-corrected chi connectivity index (χ0v) is 11.3. The highest BCUT2D eigenvalue weighted by atomic mass is 32.1. The molecule has 4 aromatic rings. The third kappa shape index (κ3) is 1.88. The third-order valence-electron chi connectivity index (χ3n) is 3.07. The minimum absolute atomic E-state index is 0.879. The molecule has 4 nitrogen and oxygen atoms in total. The van der Waals surface area contributed by atoms with Crippen molar-refractivity contribution in [2.24, 2.45) is 0 Å². The number of nitrogens with zero attached hydrogens (tertiary/aromatic N) is 4. The van der Waals surface area contributed by atoms with Crippen LogP contribution in [0.25, 0.3) is 27.3 Å². The van der Waals surface area contributed by atoms with E-state index in [0.717, 1.165) is 27.3 Å². The number of rotatable bonds is 2. The molecule has 0 aliphatic rings. The highest BCUT2D eigenvalue weighted by Crippen LogP contribution is 2.24. The highest BCUT2D eigenvalue weighted by Gasteiger charge is 2.05. The molecule has 1 aromatic carbocycles. The van der Waals surface area contributed by atoms with Crippen LogP contribution in [0, 0.1) is 0 Å². The fraction of sp³-hybridized carbons (Fsp3) is 0. The lowest BCUT2D eigenvalue weighted by Crippen LogP contribution is -1.95. The van der Waals surface area contributed by atoms with E-state index in [2.05, 4.69) is 16.1 Å². The maximum Gasteiger partial charge on any atom is 0.0992 e. The highest BCUT2D eigenvalue weighted by molar-refractivity contribution is 7.13. The van der Waals surface area contributed by atoms with Crippen molar-refractivity contribution < 1.29 is 0 Å². The topological polar surface area (TPSA) is 43.6 Å². The molecule has 0 radical (unpaired) electrons. The lowest BCUT2D eigenvalue weighted by Gasteiger charge is -2.04. The standard InChI is InChI=1S/C15H10N4S/c1-3-15(20-8-1)14-10-16-12-5-4-11(9-13(12)18-14)19-7-2-6-17-19/h1-10H. The molecule has 0 unspecified atom stereocenters. The number of fused-ring (bicyclic) bond motifs is 1. The van der Waals surface area contributed by atoms with Gasteiger partial charge < -0.3 is 0 Å². The Morgan fingerprint density at radius 1 is 1.05 bits per heavy atom. The van der Waals surface area contributed by atoms with E-state index in [-0.39, 0.29) is 0 Å². The van der Waals surface area contributed by atoms with Gasteiger partial charge in [-0.05, 0) is 35.7 Å². The number of thiophene rings is 1. The van der Waals surface area contributed by atoms with Gasteiger partial charge in [-0.2, -0.15) is 5.10 Å². The maximum atomic E-state index is 4.70. The molecular weight excluding hydrogens is 268 g/mol. The van der Waals surface area contributed by atoms with Crippen molar-refractivity contribution in [2.45, 2.75) is 0 Å². The fourth-order valence-corrected chi connectivity index (χ4v) is 2.79. The number of hydrogen-bond donors (Lipinski definition) is 0. The first-order chi connectivity index (χ1) is 9.90. The van der Waals surface area contributed by atoms with Gasteiger partial charge in [-0.25, -0.2) is 9.67 Å². The third-order valence-corrected chi connectivity index (χ3v) is 3.96. The quantitative estimate of drug-likeness (QED) is 0.563. The summed E-state index contributed by atoms with van der Waals surface area (Å²) in [4.78, 5) is 10.3. The van der Waals surface area contributed by atoms with Gasteiger partial charge in [0.1, 0.15) is 0 Å². The minimum atomic E-state index is 0.879. The van der Waals surface area contributed by atoms with Crippen molar-refractivity contribution in [2.75, 3.05) is 0 Å². The van der Waals surface area contributed by atoms with Crippen LogP contribution in [0.15, 0.2) is 60.4 Å². The van der Waals surface area contributed by atoms with Crippen LogP contribution < -0.4 is 0 Å². The second kappa shape index (κ2) is 4.54. The van der Waals surface area contributed by atoms with E-state index in [1.165, 1.54) is 0 Å². The van der Waals surface area contributed by atoms with E-state index in [1.807, 2.05) is 52.8 Å². The molecule has 96 valence electrons. The summed E-state index contributed by atoms with van der Waals surface area (Å²) >= 11 is 1.67. The maximum absolute atomic E-state index is 4.70. The summed E-state index contributed by atoms with van der Waals surface area (Å²) in [5.74, 6) is 0. The fourth-order valence-electron chi connectivity index (χ4n) is 2.11. The summed E-state index contributed by atoms with van der Waals surface area (Å²) in [6, 6.07) is 11.9. The largest absolute Gasteiger partial charge is 0.252 e. The Labute approximate surface area is 119 Å². The average Bonchev–Trinajstić information content (AvgIpc) is 3.19. The molecule has 0 saturated carbocycles. The lowest BCUT2D eigenvalue weighted by molar-refractivity contribution is 0.881. The molecule has 0 N–H and O–H groups in total. The van der Waals surface area contributed by atoms with E-state index in [1.54, 1.807) is 17.5 Å². The van der Waals surface area contributed by atoms with Gasteiger partial charge in [0.2, 0.25) is 0 Å². The summed E-state index contributed by atoms with van der Waals surface area (Å²) in [6.07, 6.45) is 5.50. The lowest BCUT2D eigenvalue weighted by atomic mass is 10.2. The smallest absolute Gasteiger partial charge is 0.0992 e. The Morgan fingerprint density at radius 2 is 2.05 bits per heavy atom. The molecule has 0 aliphatic heterocycles. The number of aromatic nitrogens is 4. The van der Waals surface area contributed by atoms with E-state index >= 15 is 0 Å². The molecular formula is C15H10N4S. The van der Waals surface area contributed by atoms with Crippen molar-refractivity contribution in [3.63, 3.8) is 0 Å². The predicted molar refractivity (Wildman–Crippen MR) is 80.0 cm³/mol. The molecule has 0 atom stereocenters. The van der Waals surface area contributed by atoms with Gasteiger partial charge in [-0.3, -0.25) is 4.98 Å². The molecule has 0 saturated heterocycles. The SMILES string of the molecule is c1csc(-c2cnc3ccc(-n4cccn4)cc3n2)c1. The zero-order valence-electron chi connectivity index (χ0n) is 10.5. The van der Waals surface area contributed by atoms with Crippen molar-refractivity contribution in [3.8, 4) is 16.3 Å². The molecule has 5 heteroatoms. The summed E-state index contributed by atoms with van der Waals surface area (Å²) in [5.41, 5.74) is 3.66. The molecule has 3 heterocycles. The normalized spacial score (nSPS) is 11.0. The van der Waals surface area contributed by atoms with Crippen molar-refractivity contribution in [1.82, 2.24) is 19.7 Å². The van der Waals surface area contributed by atoms with Gasteiger partial charge in [0.15, 0.2) is 0 Å². The molecule has 0 spiro atoms. The summed E-state index contributed by atoms with van der Waals surface area (Å²) in [7, 11) is 0. The monoisotopic (exact) mass is 278 g/mol. The van der Waals surface area contributed by atoms with E-state index in [4.69, 9.17) is 4.98 Å². The van der Waals surface area contributed by atoms with Gasteiger partial charge in [0.25, 0.3) is 0 Å². The van der Waals surface area contributed by atoms with Crippen LogP contribution in [0.1, 0.15) is 0 Å². The second-order valence-electron chi connectivity index (χ2n) is 4.36. The number of hydrogen-bond acceptors (Lipinski definition) is 4. The van der Waals surface area contributed by atoms with Gasteiger partial charge in [0, 0.05) is 12.4 Å². The van der Waals surface area contributed by atoms with E-state index in [0.29, 0.717) is 0 Å². The van der Waals surface area contributed by atoms with Crippen LogP contribution >= 0.6 is 11.3 Å². The van der Waals surface area contributed by atoms with E-state index < -0.39 is 0 Å². The van der Waals surface area contributed by atoms with Gasteiger partial charge >= 0.3 is 0 Å².